The average molecular weight is 331 g/mol. The Balaban J connectivity index is 1.99. The van der Waals surface area contributed by atoms with Gasteiger partial charge in [-0.15, -0.1) is 0 Å². The Kier molecular flexibility index (Phi) is 4.51. The predicted molar refractivity (Wildman–Crippen MR) is 88.7 cm³/mol. The van der Waals surface area contributed by atoms with E-state index in [0.717, 1.165) is 18.1 Å². The SMILES string of the molecule is COc1ccc(C(C)=O)cc1CN1CCCc2cc(F)cc(F)c21. The maximum atomic E-state index is 14.3. The minimum Gasteiger partial charge on any atom is -0.496 e. The molecule has 0 unspecified atom stereocenters. The van der Waals surface area contributed by atoms with Gasteiger partial charge >= 0.3 is 0 Å². The molecule has 5 heteroatoms. The highest BCUT2D eigenvalue weighted by atomic mass is 19.1. The van der Waals surface area contributed by atoms with Gasteiger partial charge < -0.3 is 9.64 Å². The molecule has 0 spiro atoms. The summed E-state index contributed by atoms with van der Waals surface area (Å²) in [5.74, 6) is -0.489. The molecule has 0 saturated heterocycles. The van der Waals surface area contributed by atoms with Crippen LogP contribution in [0.3, 0.4) is 0 Å². The molecule has 24 heavy (non-hydrogen) atoms. The molecule has 3 rings (SSSR count). The van der Waals surface area contributed by atoms with E-state index in [1.807, 2.05) is 4.90 Å². The Morgan fingerprint density at radius 2 is 2.04 bits per heavy atom. The average Bonchev–Trinajstić information content (AvgIpc) is 2.54. The van der Waals surface area contributed by atoms with Crippen LogP contribution >= 0.6 is 0 Å². The first-order chi connectivity index (χ1) is 11.5. The third-order valence-electron chi connectivity index (χ3n) is 4.35. The number of halogens is 2. The van der Waals surface area contributed by atoms with Crippen molar-refractivity contribution in [1.29, 1.82) is 0 Å². The number of ketones is 1. The van der Waals surface area contributed by atoms with Gasteiger partial charge in [-0.25, -0.2) is 8.78 Å². The molecule has 0 bridgehead atoms. The fourth-order valence-corrected chi connectivity index (χ4v) is 3.22. The number of aryl methyl sites for hydroxylation is 1. The highest BCUT2D eigenvalue weighted by Gasteiger charge is 2.23. The molecular weight excluding hydrogens is 312 g/mol. The Morgan fingerprint density at radius 1 is 1.25 bits per heavy atom. The fraction of sp³-hybridized carbons (Fsp3) is 0.316. The van der Waals surface area contributed by atoms with Crippen molar-refractivity contribution in [1.82, 2.24) is 0 Å². The number of fused-ring (bicyclic) bond motifs is 1. The van der Waals surface area contributed by atoms with E-state index in [-0.39, 0.29) is 5.78 Å². The molecule has 126 valence electrons. The lowest BCUT2D eigenvalue weighted by atomic mass is 9.99. The number of hydrogen-bond acceptors (Lipinski definition) is 3. The molecule has 0 aromatic heterocycles. The molecule has 0 atom stereocenters. The van der Waals surface area contributed by atoms with Crippen molar-refractivity contribution in [3.05, 3.63) is 58.7 Å². The van der Waals surface area contributed by atoms with Crippen molar-refractivity contribution in [2.75, 3.05) is 18.6 Å². The van der Waals surface area contributed by atoms with Gasteiger partial charge in [0.15, 0.2) is 5.78 Å². The van der Waals surface area contributed by atoms with Gasteiger partial charge in [-0.3, -0.25) is 4.79 Å². The number of anilines is 1. The number of Topliss-reactive ketones (excluding diaryl/α,β-unsaturated/α-hetero) is 1. The Hall–Kier alpha value is -2.43. The van der Waals surface area contributed by atoms with Gasteiger partial charge in [0.1, 0.15) is 17.4 Å². The molecule has 2 aromatic carbocycles. The molecule has 0 amide bonds. The van der Waals surface area contributed by atoms with Gasteiger partial charge in [-0.1, -0.05) is 0 Å². The van der Waals surface area contributed by atoms with Gasteiger partial charge in [-0.05, 0) is 49.6 Å². The van der Waals surface area contributed by atoms with E-state index < -0.39 is 11.6 Å². The van der Waals surface area contributed by atoms with Crippen LogP contribution in [0.1, 0.15) is 34.8 Å². The van der Waals surface area contributed by atoms with Gasteiger partial charge in [0.05, 0.1) is 12.8 Å². The molecular formula is C19H19F2NO2. The highest BCUT2D eigenvalue weighted by molar-refractivity contribution is 5.94. The predicted octanol–water partition coefficient (Wildman–Crippen LogP) is 4.13. The van der Waals surface area contributed by atoms with E-state index in [1.54, 1.807) is 25.3 Å². The summed E-state index contributed by atoms with van der Waals surface area (Å²) in [4.78, 5) is 13.5. The summed E-state index contributed by atoms with van der Waals surface area (Å²) >= 11 is 0. The lowest BCUT2D eigenvalue weighted by molar-refractivity contribution is 0.101. The number of benzene rings is 2. The summed E-state index contributed by atoms with van der Waals surface area (Å²) in [5, 5.41) is 0. The van der Waals surface area contributed by atoms with Crippen LogP contribution in [0, 0.1) is 11.6 Å². The smallest absolute Gasteiger partial charge is 0.159 e. The zero-order chi connectivity index (χ0) is 17.3. The molecule has 2 aromatic rings. The van der Waals surface area contributed by atoms with Crippen molar-refractivity contribution in [2.24, 2.45) is 0 Å². The van der Waals surface area contributed by atoms with E-state index in [4.69, 9.17) is 4.74 Å². The van der Waals surface area contributed by atoms with Gasteiger partial charge in [0.2, 0.25) is 0 Å². The topological polar surface area (TPSA) is 29.5 Å². The van der Waals surface area contributed by atoms with Crippen molar-refractivity contribution in [3.8, 4) is 5.75 Å². The molecule has 0 saturated carbocycles. The summed E-state index contributed by atoms with van der Waals surface area (Å²) in [6.45, 7) is 2.58. The van der Waals surface area contributed by atoms with E-state index in [1.165, 1.54) is 13.0 Å². The lowest BCUT2D eigenvalue weighted by Gasteiger charge is -2.32. The minimum absolute atomic E-state index is 0.0359. The lowest BCUT2D eigenvalue weighted by Crippen LogP contribution is -2.30. The van der Waals surface area contributed by atoms with E-state index in [9.17, 15) is 13.6 Å². The summed E-state index contributed by atoms with van der Waals surface area (Å²) in [5.41, 5.74) is 2.52. The van der Waals surface area contributed by atoms with E-state index >= 15 is 0 Å². The number of ether oxygens (including phenoxy) is 1. The largest absolute Gasteiger partial charge is 0.496 e. The minimum atomic E-state index is -0.552. The second kappa shape index (κ2) is 6.59. The Bertz CT molecular complexity index is 789. The third kappa shape index (κ3) is 3.11. The second-order valence-corrected chi connectivity index (χ2v) is 6.00. The highest BCUT2D eigenvalue weighted by Crippen LogP contribution is 2.33. The molecule has 0 aliphatic carbocycles. The quantitative estimate of drug-likeness (QED) is 0.789. The standard InChI is InChI=1S/C19H19F2NO2/c1-12(23)13-5-6-18(24-2)15(8-13)11-22-7-3-4-14-9-16(20)10-17(21)19(14)22/h5-6,8-10H,3-4,7,11H2,1-2H3. The van der Waals surface area contributed by atoms with Crippen LogP contribution in [-0.4, -0.2) is 19.4 Å². The van der Waals surface area contributed by atoms with Crippen LogP contribution in [0.5, 0.6) is 5.75 Å². The number of hydrogen-bond donors (Lipinski definition) is 0. The van der Waals surface area contributed by atoms with Crippen LogP contribution in [0.25, 0.3) is 0 Å². The van der Waals surface area contributed by atoms with Crippen LogP contribution in [0.4, 0.5) is 14.5 Å². The molecule has 0 N–H and O–H groups in total. The molecule has 1 aliphatic heterocycles. The number of nitrogens with zero attached hydrogens (tertiary/aromatic N) is 1. The summed E-state index contributed by atoms with van der Waals surface area (Å²) in [6, 6.07) is 7.55. The normalized spacial score (nSPS) is 13.6. The molecule has 0 fully saturated rings. The zero-order valence-electron chi connectivity index (χ0n) is 13.7. The summed E-state index contributed by atoms with van der Waals surface area (Å²) in [7, 11) is 1.56. The zero-order valence-corrected chi connectivity index (χ0v) is 13.7. The van der Waals surface area contributed by atoms with Crippen LogP contribution in [0.2, 0.25) is 0 Å². The number of carbonyl (C=O) groups excluding carboxylic acids is 1. The van der Waals surface area contributed by atoms with Crippen LogP contribution < -0.4 is 9.64 Å². The van der Waals surface area contributed by atoms with Crippen LogP contribution in [0.15, 0.2) is 30.3 Å². The first-order valence-corrected chi connectivity index (χ1v) is 7.90. The van der Waals surface area contributed by atoms with E-state index in [0.29, 0.717) is 42.1 Å². The maximum Gasteiger partial charge on any atom is 0.159 e. The van der Waals surface area contributed by atoms with Gasteiger partial charge in [0.25, 0.3) is 0 Å². The Morgan fingerprint density at radius 3 is 2.75 bits per heavy atom. The first kappa shape index (κ1) is 16.4. The van der Waals surface area contributed by atoms with Crippen molar-refractivity contribution >= 4 is 11.5 Å². The maximum absolute atomic E-state index is 14.3. The van der Waals surface area contributed by atoms with Gasteiger partial charge in [-0.2, -0.15) is 0 Å². The Labute approximate surface area is 139 Å². The number of rotatable bonds is 4. The van der Waals surface area contributed by atoms with E-state index in [2.05, 4.69) is 0 Å². The molecule has 3 nitrogen and oxygen atoms in total. The number of carbonyl (C=O) groups is 1. The third-order valence-corrected chi connectivity index (χ3v) is 4.35. The molecule has 0 radical (unpaired) electrons. The van der Waals surface area contributed by atoms with Crippen molar-refractivity contribution < 1.29 is 18.3 Å². The van der Waals surface area contributed by atoms with Crippen molar-refractivity contribution in [3.63, 3.8) is 0 Å². The van der Waals surface area contributed by atoms with Crippen molar-refractivity contribution in [2.45, 2.75) is 26.3 Å². The monoisotopic (exact) mass is 331 g/mol. The fourth-order valence-electron chi connectivity index (χ4n) is 3.22. The molecule has 1 heterocycles. The second-order valence-electron chi connectivity index (χ2n) is 6.00. The number of methoxy groups -OCH3 is 1. The summed E-state index contributed by atoms with van der Waals surface area (Å²) < 4.78 is 33.1. The summed E-state index contributed by atoms with van der Waals surface area (Å²) in [6.07, 6.45) is 1.48. The van der Waals surface area contributed by atoms with Gasteiger partial charge in [0, 0.05) is 30.3 Å². The molecule has 1 aliphatic rings. The first-order valence-electron chi connectivity index (χ1n) is 7.90. The van der Waals surface area contributed by atoms with Crippen LogP contribution in [-0.2, 0) is 13.0 Å².